The van der Waals surface area contributed by atoms with Crippen LogP contribution in [-0.4, -0.2) is 55.9 Å². The zero-order chi connectivity index (χ0) is 30.4. The van der Waals surface area contributed by atoms with E-state index in [1.165, 1.54) is 30.1 Å². The molecule has 2 N–H and O–H groups in total. The van der Waals surface area contributed by atoms with Crippen LogP contribution in [0.2, 0.25) is 0 Å². The predicted molar refractivity (Wildman–Crippen MR) is 159 cm³/mol. The van der Waals surface area contributed by atoms with E-state index in [1.807, 2.05) is 32.0 Å². The number of hydrogen-bond acceptors (Lipinski definition) is 8. The molecule has 2 aliphatic rings. The molecule has 43 heavy (non-hydrogen) atoms. The molecule has 0 unspecified atom stereocenters. The lowest BCUT2D eigenvalue weighted by atomic mass is 9.97. The number of aryl methyl sites for hydroxylation is 4. The molecule has 0 saturated heterocycles. The normalized spacial score (nSPS) is 14.3. The minimum Gasteiger partial charge on any atom is -0.493 e. The largest absolute Gasteiger partial charge is 0.493 e. The average molecular weight is 586 g/mol. The van der Waals surface area contributed by atoms with E-state index in [9.17, 15) is 14.7 Å². The van der Waals surface area contributed by atoms with Crippen LogP contribution in [0.1, 0.15) is 51.5 Å². The summed E-state index contributed by atoms with van der Waals surface area (Å²) in [6.07, 6.45) is 3.06. The lowest BCUT2D eigenvalue weighted by Gasteiger charge is -2.24. The number of nitrogens with zero attached hydrogens (tertiary/aromatic N) is 6. The van der Waals surface area contributed by atoms with E-state index in [2.05, 4.69) is 27.8 Å². The van der Waals surface area contributed by atoms with E-state index in [0.29, 0.717) is 35.9 Å². The zero-order valence-electron chi connectivity index (χ0n) is 25.0. The van der Waals surface area contributed by atoms with Crippen molar-refractivity contribution in [2.75, 3.05) is 20.8 Å². The molecule has 1 aliphatic heterocycles. The van der Waals surface area contributed by atoms with Crippen LogP contribution >= 0.6 is 0 Å². The van der Waals surface area contributed by atoms with Crippen LogP contribution in [0.3, 0.4) is 0 Å². The number of carbonyl (C=O) groups is 1. The number of benzene rings is 2. The Morgan fingerprint density at radius 3 is 2.42 bits per heavy atom. The van der Waals surface area contributed by atoms with Gasteiger partial charge in [-0.05, 0) is 73.4 Å². The van der Waals surface area contributed by atoms with E-state index in [0.717, 1.165) is 33.6 Å². The van der Waals surface area contributed by atoms with Gasteiger partial charge in [0.1, 0.15) is 5.49 Å². The molecule has 0 atom stereocenters. The molecule has 6 rings (SSSR count). The molecule has 12 heteroatoms. The van der Waals surface area contributed by atoms with Gasteiger partial charge in [0.25, 0.3) is 11.8 Å². The first-order chi connectivity index (χ1) is 20.7. The van der Waals surface area contributed by atoms with Gasteiger partial charge in [0, 0.05) is 38.3 Å². The molecular formula is C31H35N7O5. The molecule has 1 aliphatic carbocycles. The second-order valence-corrected chi connectivity index (χ2v) is 11.1. The molecule has 2 aromatic carbocycles. The second-order valence-electron chi connectivity index (χ2n) is 11.1. The van der Waals surface area contributed by atoms with Crippen molar-refractivity contribution in [3.05, 3.63) is 74.3 Å². The fourth-order valence-corrected chi connectivity index (χ4v) is 5.86. The van der Waals surface area contributed by atoms with Crippen LogP contribution in [0, 0.1) is 13.8 Å². The monoisotopic (exact) mass is 585 g/mol. The highest BCUT2D eigenvalue weighted by molar-refractivity contribution is 5.94. The van der Waals surface area contributed by atoms with Gasteiger partial charge in [0.15, 0.2) is 17.2 Å². The first-order valence-electron chi connectivity index (χ1n) is 14.3. The van der Waals surface area contributed by atoms with Gasteiger partial charge in [-0.2, -0.15) is 0 Å². The number of methoxy groups -OCH3 is 2. The fraction of sp³-hybridized carbons (Fsp3) is 0.387. The first kappa shape index (κ1) is 28.3. The van der Waals surface area contributed by atoms with Crippen LogP contribution in [0.5, 0.6) is 17.4 Å². The van der Waals surface area contributed by atoms with Crippen LogP contribution in [0.25, 0.3) is 11.3 Å². The average Bonchev–Trinajstić information content (AvgIpc) is 3.79. The predicted octanol–water partition coefficient (Wildman–Crippen LogP) is 2.88. The molecular weight excluding hydrogens is 550 g/mol. The van der Waals surface area contributed by atoms with E-state index in [1.54, 1.807) is 23.4 Å². The van der Waals surface area contributed by atoms with Gasteiger partial charge in [0.2, 0.25) is 0 Å². The summed E-state index contributed by atoms with van der Waals surface area (Å²) >= 11 is 0. The van der Waals surface area contributed by atoms with Gasteiger partial charge >= 0.3 is 5.69 Å². The van der Waals surface area contributed by atoms with Crippen LogP contribution < -0.4 is 26.0 Å². The number of nitrogens with one attached hydrogen (secondary N) is 1. The molecule has 0 spiro atoms. The van der Waals surface area contributed by atoms with Crippen molar-refractivity contribution in [3.63, 3.8) is 0 Å². The number of aromatic nitrogens is 5. The number of amides is 1. The Bertz CT molecular complexity index is 1840. The Morgan fingerprint density at radius 1 is 1.09 bits per heavy atom. The summed E-state index contributed by atoms with van der Waals surface area (Å²) in [5.74, 6) is 0.838. The summed E-state index contributed by atoms with van der Waals surface area (Å²) in [6.45, 7) is 4.85. The highest BCUT2D eigenvalue weighted by Crippen LogP contribution is 2.42. The molecule has 224 valence electrons. The third kappa shape index (κ3) is 5.17. The standard InChI is InChI=1S/C31H35N7O5/c1-17-12-21(19-6-7-19)13-18(2)27(17)33-26-16-23-22-15-25(43-5)24(42-4)14-20(22)8-10-37(23)31(41)38(26)11-9-32-29(39)28-30(40)34-35-36(28)3/h12-16,19,40H,6-11H2,1-5H3,(H,32,39)/b33-26+. The minimum atomic E-state index is -0.542. The van der Waals surface area contributed by atoms with Crippen molar-refractivity contribution in [3.8, 4) is 28.6 Å². The first-order valence-corrected chi connectivity index (χ1v) is 14.3. The van der Waals surface area contributed by atoms with Crippen molar-refractivity contribution in [1.82, 2.24) is 29.4 Å². The van der Waals surface area contributed by atoms with Gasteiger partial charge in [-0.25, -0.2) is 14.5 Å². The molecule has 0 radical (unpaired) electrons. The molecule has 4 aromatic rings. The number of fused-ring (bicyclic) bond motifs is 3. The second kappa shape index (κ2) is 11.1. The van der Waals surface area contributed by atoms with Crippen LogP contribution in [0.4, 0.5) is 5.69 Å². The SMILES string of the molecule is COc1cc2c(cc1OC)-c1c/c(=N\c3c(C)cc(C4CC4)cc3C)n(CCNC(=O)c3c(O)nnn3C)c(=O)n1CC2. The molecule has 2 aromatic heterocycles. The van der Waals surface area contributed by atoms with Crippen molar-refractivity contribution < 1.29 is 19.4 Å². The highest BCUT2D eigenvalue weighted by atomic mass is 16.5. The number of hydrogen-bond donors (Lipinski definition) is 2. The maximum absolute atomic E-state index is 14.1. The maximum Gasteiger partial charge on any atom is 0.330 e. The Morgan fingerprint density at radius 2 is 1.79 bits per heavy atom. The summed E-state index contributed by atoms with van der Waals surface area (Å²) < 4.78 is 15.6. The molecule has 3 heterocycles. The van der Waals surface area contributed by atoms with Gasteiger partial charge in [-0.3, -0.25) is 13.9 Å². The zero-order valence-corrected chi connectivity index (χ0v) is 25.0. The molecule has 1 amide bonds. The lowest BCUT2D eigenvalue weighted by molar-refractivity contribution is 0.0939. The quantitative estimate of drug-likeness (QED) is 0.324. The number of ether oxygens (including phenoxy) is 2. The molecule has 12 nitrogen and oxygen atoms in total. The third-order valence-corrected chi connectivity index (χ3v) is 8.22. The third-order valence-electron chi connectivity index (χ3n) is 8.22. The number of aromatic hydroxyl groups is 1. The van der Waals surface area contributed by atoms with Crippen LogP contribution in [-0.2, 0) is 26.6 Å². The Balaban J connectivity index is 1.46. The lowest BCUT2D eigenvalue weighted by Crippen LogP contribution is -2.44. The van der Waals surface area contributed by atoms with Gasteiger partial charge in [-0.15, -0.1) is 0 Å². The highest BCUT2D eigenvalue weighted by Gasteiger charge is 2.25. The van der Waals surface area contributed by atoms with Gasteiger partial charge < -0.3 is 19.9 Å². The summed E-state index contributed by atoms with van der Waals surface area (Å²) in [5, 5.41) is 19.9. The number of rotatable bonds is 8. The molecule has 0 bridgehead atoms. The summed E-state index contributed by atoms with van der Waals surface area (Å²) in [4.78, 5) is 31.9. The minimum absolute atomic E-state index is 0.0555. The number of carbonyl (C=O) groups excluding carboxylic acids is 1. The van der Waals surface area contributed by atoms with Crippen molar-refractivity contribution in [1.29, 1.82) is 0 Å². The van der Waals surface area contributed by atoms with Crippen molar-refractivity contribution in [2.45, 2.75) is 52.1 Å². The molecule has 1 saturated carbocycles. The summed E-state index contributed by atoms with van der Waals surface area (Å²) in [5.41, 5.74) is 7.11. The summed E-state index contributed by atoms with van der Waals surface area (Å²) in [6, 6.07) is 10.2. The Labute approximate surface area is 248 Å². The smallest absolute Gasteiger partial charge is 0.330 e. The van der Waals surface area contributed by atoms with Gasteiger partial charge in [-0.1, -0.05) is 22.4 Å². The van der Waals surface area contributed by atoms with E-state index in [-0.39, 0.29) is 24.5 Å². The Hall–Kier alpha value is -4.87. The topological polar surface area (TPSA) is 138 Å². The Kier molecular flexibility index (Phi) is 7.28. The van der Waals surface area contributed by atoms with Gasteiger partial charge in [0.05, 0.1) is 25.6 Å². The maximum atomic E-state index is 14.1. The van der Waals surface area contributed by atoms with Crippen LogP contribution in [0.15, 0.2) is 40.1 Å². The summed E-state index contributed by atoms with van der Waals surface area (Å²) in [7, 11) is 4.71. The van der Waals surface area contributed by atoms with E-state index in [4.69, 9.17) is 14.5 Å². The van der Waals surface area contributed by atoms with E-state index >= 15 is 0 Å². The van der Waals surface area contributed by atoms with Crippen molar-refractivity contribution >= 4 is 11.6 Å². The van der Waals surface area contributed by atoms with Crippen molar-refractivity contribution in [2.24, 2.45) is 12.0 Å². The fourth-order valence-electron chi connectivity index (χ4n) is 5.86. The van der Waals surface area contributed by atoms with E-state index < -0.39 is 11.8 Å². The molecule has 1 fully saturated rings.